The zero-order valence-corrected chi connectivity index (χ0v) is 21.6. The minimum atomic E-state index is -0.0883. The molecule has 0 aromatic heterocycles. The molecule has 0 heterocycles. The molecule has 0 bridgehead atoms. The van der Waals surface area contributed by atoms with E-state index in [1.54, 1.807) is 0 Å². The second-order valence-electron chi connectivity index (χ2n) is 8.49. The topological polar surface area (TPSA) is 26.3 Å². The van der Waals surface area contributed by atoms with E-state index < -0.39 is 0 Å². The van der Waals surface area contributed by atoms with Gasteiger partial charge in [0.15, 0.2) is 0 Å². The Morgan fingerprint density at radius 3 is 1.88 bits per heavy atom. The van der Waals surface area contributed by atoms with Crippen molar-refractivity contribution in [1.29, 1.82) is 0 Å². The Kier molecular flexibility index (Phi) is 12.8. The largest absolute Gasteiger partial charge is 0.461 e. The highest BCUT2D eigenvalue weighted by Gasteiger charge is 2.11. The number of benzene rings is 3. The lowest BCUT2D eigenvalue weighted by Crippen LogP contribution is -2.07. The summed E-state index contributed by atoms with van der Waals surface area (Å²) in [5, 5.41) is 0.637. The molecule has 34 heavy (non-hydrogen) atoms. The zero-order valence-electron chi connectivity index (χ0n) is 19.9. The lowest BCUT2D eigenvalue weighted by molar-refractivity contribution is -0.145. The van der Waals surface area contributed by atoms with Gasteiger partial charge in [0.2, 0.25) is 0 Å². The predicted octanol–water partition coefficient (Wildman–Crippen LogP) is 8.31. The average Bonchev–Trinajstić information content (AvgIpc) is 2.89. The van der Waals surface area contributed by atoms with Gasteiger partial charge in [0.1, 0.15) is 6.61 Å². The summed E-state index contributed by atoms with van der Waals surface area (Å²) >= 11 is 4.10. The molecule has 1 atom stereocenters. The SMILES string of the molecule is O=C(CCCCC(CCCSCc1ccccc1)SCc1ccccc1)OCc1ccccc1. The maximum atomic E-state index is 12.1. The average molecular weight is 493 g/mol. The van der Waals surface area contributed by atoms with Crippen molar-refractivity contribution in [3.05, 3.63) is 108 Å². The van der Waals surface area contributed by atoms with Crippen LogP contribution in [-0.4, -0.2) is 17.0 Å². The Bertz CT molecular complexity index is 916. The van der Waals surface area contributed by atoms with Gasteiger partial charge in [-0.15, -0.1) is 0 Å². The molecular weight excluding hydrogens is 456 g/mol. The van der Waals surface area contributed by atoms with Crippen molar-refractivity contribution in [3.63, 3.8) is 0 Å². The summed E-state index contributed by atoms with van der Waals surface area (Å²) in [7, 11) is 0. The van der Waals surface area contributed by atoms with E-state index in [-0.39, 0.29) is 5.97 Å². The summed E-state index contributed by atoms with van der Waals surface area (Å²) in [6.07, 6.45) is 6.12. The van der Waals surface area contributed by atoms with Crippen LogP contribution in [0.4, 0.5) is 0 Å². The first kappa shape index (κ1) is 26.4. The summed E-state index contributed by atoms with van der Waals surface area (Å²) in [4.78, 5) is 12.1. The number of thioether (sulfide) groups is 2. The minimum Gasteiger partial charge on any atom is -0.461 e. The Labute approximate surface area is 213 Å². The van der Waals surface area contributed by atoms with Gasteiger partial charge in [0.05, 0.1) is 0 Å². The zero-order chi connectivity index (χ0) is 23.7. The van der Waals surface area contributed by atoms with Crippen LogP contribution in [0, 0.1) is 0 Å². The number of carbonyl (C=O) groups is 1. The molecule has 2 nitrogen and oxygen atoms in total. The smallest absolute Gasteiger partial charge is 0.306 e. The van der Waals surface area contributed by atoms with Crippen LogP contribution < -0.4 is 0 Å². The standard InChI is InChI=1S/C30H36O2S2/c31-30(32-23-26-13-4-1-5-14-26)21-11-10-19-29(34-25-28-17-8-3-9-18-28)20-12-22-33-24-27-15-6-2-7-16-27/h1-9,13-18,29H,10-12,19-25H2. The Balaban J connectivity index is 1.34. The Morgan fingerprint density at radius 2 is 1.24 bits per heavy atom. The van der Waals surface area contributed by atoms with Gasteiger partial charge in [0, 0.05) is 23.2 Å². The van der Waals surface area contributed by atoms with Gasteiger partial charge in [-0.25, -0.2) is 0 Å². The molecule has 0 saturated heterocycles. The van der Waals surface area contributed by atoms with Crippen LogP contribution in [0.3, 0.4) is 0 Å². The molecule has 0 aliphatic rings. The number of rotatable bonds is 16. The lowest BCUT2D eigenvalue weighted by atomic mass is 10.1. The van der Waals surface area contributed by atoms with Crippen molar-refractivity contribution in [3.8, 4) is 0 Å². The third kappa shape index (κ3) is 11.3. The van der Waals surface area contributed by atoms with E-state index in [1.165, 1.54) is 29.7 Å². The van der Waals surface area contributed by atoms with E-state index in [0.29, 0.717) is 18.3 Å². The Morgan fingerprint density at radius 1 is 0.676 bits per heavy atom. The molecule has 0 saturated carbocycles. The number of hydrogen-bond acceptors (Lipinski definition) is 4. The van der Waals surface area contributed by atoms with Crippen LogP contribution in [0.5, 0.6) is 0 Å². The third-order valence-electron chi connectivity index (χ3n) is 5.65. The van der Waals surface area contributed by atoms with Crippen LogP contribution in [0.2, 0.25) is 0 Å². The molecule has 0 amide bonds. The van der Waals surface area contributed by atoms with E-state index in [9.17, 15) is 4.79 Å². The monoisotopic (exact) mass is 492 g/mol. The van der Waals surface area contributed by atoms with Gasteiger partial charge in [-0.1, -0.05) is 97.4 Å². The van der Waals surface area contributed by atoms with Gasteiger partial charge >= 0.3 is 5.97 Å². The predicted molar refractivity (Wildman–Crippen MR) is 148 cm³/mol. The molecule has 1 unspecified atom stereocenters. The summed E-state index contributed by atoms with van der Waals surface area (Å²) < 4.78 is 5.42. The molecule has 3 aromatic rings. The highest BCUT2D eigenvalue weighted by Crippen LogP contribution is 2.27. The van der Waals surface area contributed by atoms with Crippen LogP contribution >= 0.6 is 23.5 Å². The van der Waals surface area contributed by atoms with Crippen molar-refractivity contribution >= 4 is 29.5 Å². The maximum Gasteiger partial charge on any atom is 0.306 e. The molecule has 0 aliphatic carbocycles. The van der Waals surface area contributed by atoms with Gasteiger partial charge in [-0.3, -0.25) is 4.79 Å². The molecule has 0 radical (unpaired) electrons. The number of esters is 1. The molecule has 0 spiro atoms. The molecule has 0 aliphatic heterocycles. The molecule has 4 heteroatoms. The van der Waals surface area contributed by atoms with Crippen LogP contribution in [0.25, 0.3) is 0 Å². The summed E-state index contributed by atoms with van der Waals surface area (Å²) in [6.45, 7) is 0.371. The van der Waals surface area contributed by atoms with E-state index in [2.05, 4.69) is 72.4 Å². The number of carbonyl (C=O) groups excluding carboxylic acids is 1. The second kappa shape index (κ2) is 16.5. The highest BCUT2D eigenvalue weighted by molar-refractivity contribution is 7.99. The van der Waals surface area contributed by atoms with Crippen LogP contribution in [0.15, 0.2) is 91.0 Å². The quantitative estimate of drug-likeness (QED) is 0.148. The number of unbranched alkanes of at least 4 members (excludes halogenated alkanes) is 1. The lowest BCUT2D eigenvalue weighted by Gasteiger charge is -2.17. The highest BCUT2D eigenvalue weighted by atomic mass is 32.2. The first-order chi connectivity index (χ1) is 16.8. The summed E-state index contributed by atoms with van der Waals surface area (Å²) in [5.41, 5.74) is 3.83. The first-order valence-electron chi connectivity index (χ1n) is 12.3. The molecule has 3 rings (SSSR count). The first-order valence-corrected chi connectivity index (χ1v) is 14.5. The Hall–Kier alpha value is -2.17. The molecule has 0 N–H and O–H groups in total. The molecule has 0 fully saturated rings. The van der Waals surface area contributed by atoms with E-state index in [4.69, 9.17) is 4.74 Å². The van der Waals surface area contributed by atoms with Gasteiger partial charge in [-0.05, 0) is 48.1 Å². The summed E-state index contributed by atoms with van der Waals surface area (Å²) in [5.74, 6) is 3.26. The van der Waals surface area contributed by atoms with Crippen molar-refractivity contribution in [2.75, 3.05) is 5.75 Å². The number of hydrogen-bond donors (Lipinski definition) is 0. The van der Waals surface area contributed by atoms with Crippen molar-refractivity contribution in [2.24, 2.45) is 0 Å². The van der Waals surface area contributed by atoms with Gasteiger partial charge < -0.3 is 4.74 Å². The summed E-state index contributed by atoms with van der Waals surface area (Å²) in [6, 6.07) is 31.3. The normalized spacial score (nSPS) is 11.8. The fourth-order valence-electron chi connectivity index (χ4n) is 3.73. The molecule has 3 aromatic carbocycles. The van der Waals surface area contributed by atoms with Crippen molar-refractivity contribution in [1.82, 2.24) is 0 Å². The van der Waals surface area contributed by atoms with Crippen LogP contribution in [-0.2, 0) is 27.6 Å². The fourth-order valence-corrected chi connectivity index (χ4v) is 5.96. The van der Waals surface area contributed by atoms with Crippen molar-refractivity contribution < 1.29 is 9.53 Å². The maximum absolute atomic E-state index is 12.1. The van der Waals surface area contributed by atoms with Gasteiger partial charge in [-0.2, -0.15) is 23.5 Å². The van der Waals surface area contributed by atoms with E-state index >= 15 is 0 Å². The second-order valence-corrected chi connectivity index (χ2v) is 10.9. The van der Waals surface area contributed by atoms with E-state index in [1.807, 2.05) is 42.1 Å². The molecular formula is C30H36O2S2. The fraction of sp³-hybridized carbons (Fsp3) is 0.367. The third-order valence-corrected chi connectivity index (χ3v) is 8.21. The molecule has 180 valence electrons. The van der Waals surface area contributed by atoms with Crippen LogP contribution in [0.1, 0.15) is 55.2 Å². The number of ether oxygens (including phenoxy) is 1. The minimum absolute atomic E-state index is 0.0883. The van der Waals surface area contributed by atoms with Gasteiger partial charge in [0.25, 0.3) is 0 Å². The van der Waals surface area contributed by atoms with E-state index in [0.717, 1.165) is 36.3 Å². The van der Waals surface area contributed by atoms with Crippen molar-refractivity contribution in [2.45, 2.75) is 61.9 Å².